The van der Waals surface area contributed by atoms with Gasteiger partial charge in [-0.1, -0.05) is 0 Å². The van der Waals surface area contributed by atoms with Crippen molar-refractivity contribution in [1.82, 2.24) is 0 Å². The molecular formula is C26H24N2O9. The predicted octanol–water partition coefficient (Wildman–Crippen LogP) is 4.65. The summed E-state index contributed by atoms with van der Waals surface area (Å²) in [6.07, 6.45) is 2.78. The number of carbonyl (C=O) groups is 2. The van der Waals surface area contributed by atoms with Crippen LogP contribution in [0.5, 0.6) is 23.0 Å². The number of ether oxygens (including phenoxy) is 4. The normalized spacial score (nSPS) is 10.6. The van der Waals surface area contributed by atoms with Crippen molar-refractivity contribution < 1.29 is 38.6 Å². The van der Waals surface area contributed by atoms with Gasteiger partial charge in [0.15, 0.2) is 0 Å². The number of non-ortho nitro benzene ring substituents is 1. The van der Waals surface area contributed by atoms with Gasteiger partial charge in [0, 0.05) is 47.2 Å². The van der Waals surface area contributed by atoms with Gasteiger partial charge in [0.25, 0.3) is 5.69 Å². The maximum absolute atomic E-state index is 12.7. The standard InChI is InChI=1S/C26H24N2O9/c1-34-17-13-23(36-3)19(24(14-17)37-4)8-10-25(29)27-15-5-9-22(35-2)21(11-15)20-12-16(28(32)33)6-7-18(20)26(30)31/h5-14H,1-4H3,(H,27,29)(H,30,31)/b10-8+. The van der Waals surface area contributed by atoms with E-state index in [4.69, 9.17) is 18.9 Å². The van der Waals surface area contributed by atoms with E-state index in [1.165, 1.54) is 52.7 Å². The Hall–Kier alpha value is -5.06. The van der Waals surface area contributed by atoms with Crippen molar-refractivity contribution in [1.29, 1.82) is 0 Å². The third-order valence-electron chi connectivity index (χ3n) is 5.36. The molecule has 192 valence electrons. The van der Waals surface area contributed by atoms with Crippen LogP contribution in [0.25, 0.3) is 17.2 Å². The molecule has 0 unspecified atom stereocenters. The number of carbonyl (C=O) groups excluding carboxylic acids is 1. The molecule has 0 bridgehead atoms. The summed E-state index contributed by atoms with van der Waals surface area (Å²) in [4.78, 5) is 35.2. The van der Waals surface area contributed by atoms with Crippen LogP contribution >= 0.6 is 0 Å². The van der Waals surface area contributed by atoms with Gasteiger partial charge in [0.1, 0.15) is 23.0 Å². The van der Waals surface area contributed by atoms with Crippen LogP contribution in [0.15, 0.2) is 54.6 Å². The number of aromatic carboxylic acids is 1. The van der Waals surface area contributed by atoms with Crippen LogP contribution in [0.2, 0.25) is 0 Å². The monoisotopic (exact) mass is 508 g/mol. The SMILES string of the molecule is COc1cc(OC)c(/C=C/C(=O)Nc2ccc(OC)c(-c3cc([N+](=O)[O-])ccc3C(=O)O)c2)c(OC)c1. The van der Waals surface area contributed by atoms with Crippen molar-refractivity contribution >= 4 is 29.3 Å². The number of rotatable bonds is 10. The first-order chi connectivity index (χ1) is 17.7. The second-order valence-corrected chi connectivity index (χ2v) is 7.48. The minimum absolute atomic E-state index is 0.0675. The fourth-order valence-corrected chi connectivity index (χ4v) is 3.59. The molecular weight excluding hydrogens is 484 g/mol. The van der Waals surface area contributed by atoms with Crippen LogP contribution in [-0.4, -0.2) is 50.3 Å². The van der Waals surface area contributed by atoms with E-state index in [2.05, 4.69) is 5.32 Å². The first kappa shape index (κ1) is 26.5. The number of nitro benzene ring substituents is 1. The van der Waals surface area contributed by atoms with Crippen LogP contribution < -0.4 is 24.3 Å². The molecule has 0 radical (unpaired) electrons. The molecule has 0 spiro atoms. The molecule has 1 amide bonds. The quantitative estimate of drug-likeness (QED) is 0.227. The highest BCUT2D eigenvalue weighted by Gasteiger charge is 2.20. The Morgan fingerprint density at radius 3 is 2.05 bits per heavy atom. The third kappa shape index (κ3) is 5.96. The molecule has 3 aromatic rings. The van der Waals surface area contributed by atoms with E-state index in [0.29, 0.717) is 28.5 Å². The molecule has 0 aliphatic heterocycles. The first-order valence-corrected chi connectivity index (χ1v) is 10.7. The van der Waals surface area contributed by atoms with E-state index in [0.717, 1.165) is 18.2 Å². The number of carboxylic acids is 1. The molecule has 11 heteroatoms. The summed E-state index contributed by atoms with van der Waals surface area (Å²) >= 11 is 0. The van der Waals surface area contributed by atoms with Gasteiger partial charge in [-0.05, 0) is 30.3 Å². The van der Waals surface area contributed by atoms with Crippen molar-refractivity contribution in [3.8, 4) is 34.1 Å². The minimum Gasteiger partial charge on any atom is -0.496 e. The summed E-state index contributed by atoms with van der Waals surface area (Å²) in [6, 6.07) is 11.3. The van der Waals surface area contributed by atoms with Crippen molar-refractivity contribution in [3.05, 3.63) is 75.8 Å². The van der Waals surface area contributed by atoms with Crippen molar-refractivity contribution in [2.24, 2.45) is 0 Å². The molecule has 3 rings (SSSR count). The number of hydrogen-bond acceptors (Lipinski definition) is 8. The van der Waals surface area contributed by atoms with Gasteiger partial charge in [-0.15, -0.1) is 0 Å². The Labute approximate surface area is 212 Å². The molecule has 0 aliphatic carbocycles. The van der Waals surface area contributed by atoms with Crippen LogP contribution in [-0.2, 0) is 4.79 Å². The number of anilines is 1. The van der Waals surface area contributed by atoms with E-state index in [-0.39, 0.29) is 28.1 Å². The van der Waals surface area contributed by atoms with Crippen molar-refractivity contribution in [2.45, 2.75) is 0 Å². The lowest BCUT2D eigenvalue weighted by Crippen LogP contribution is -2.08. The summed E-state index contributed by atoms with van der Waals surface area (Å²) in [5.74, 6) is -0.134. The summed E-state index contributed by atoms with van der Waals surface area (Å²) < 4.78 is 21.3. The Balaban J connectivity index is 1.97. The van der Waals surface area contributed by atoms with Crippen molar-refractivity contribution in [2.75, 3.05) is 33.8 Å². The molecule has 2 N–H and O–H groups in total. The molecule has 37 heavy (non-hydrogen) atoms. The van der Waals surface area contributed by atoms with Gasteiger partial charge in [-0.2, -0.15) is 0 Å². The second kappa shape index (κ2) is 11.6. The van der Waals surface area contributed by atoms with Gasteiger partial charge in [-0.25, -0.2) is 4.79 Å². The van der Waals surface area contributed by atoms with Gasteiger partial charge in [-0.3, -0.25) is 14.9 Å². The molecule has 3 aromatic carbocycles. The maximum atomic E-state index is 12.7. The number of nitro groups is 1. The van der Waals surface area contributed by atoms with E-state index < -0.39 is 16.8 Å². The average Bonchev–Trinajstić information content (AvgIpc) is 2.90. The molecule has 0 atom stereocenters. The molecule has 0 heterocycles. The van der Waals surface area contributed by atoms with Gasteiger partial charge >= 0.3 is 5.97 Å². The number of methoxy groups -OCH3 is 4. The predicted molar refractivity (Wildman–Crippen MR) is 136 cm³/mol. The zero-order valence-corrected chi connectivity index (χ0v) is 20.4. The van der Waals surface area contributed by atoms with Crippen LogP contribution in [0.4, 0.5) is 11.4 Å². The lowest BCUT2D eigenvalue weighted by Gasteiger charge is -2.14. The number of nitrogens with zero attached hydrogens (tertiary/aromatic N) is 1. The Morgan fingerprint density at radius 2 is 1.51 bits per heavy atom. The highest BCUT2D eigenvalue weighted by atomic mass is 16.6. The first-order valence-electron chi connectivity index (χ1n) is 10.7. The number of carboxylic acid groups (broad SMARTS) is 1. The summed E-state index contributed by atoms with van der Waals surface area (Å²) in [6.45, 7) is 0. The number of amides is 1. The van der Waals surface area contributed by atoms with E-state index in [1.807, 2.05) is 0 Å². The molecule has 0 saturated heterocycles. The van der Waals surface area contributed by atoms with Crippen LogP contribution in [0.1, 0.15) is 15.9 Å². The van der Waals surface area contributed by atoms with E-state index >= 15 is 0 Å². The van der Waals surface area contributed by atoms with E-state index in [9.17, 15) is 24.8 Å². The van der Waals surface area contributed by atoms with Crippen LogP contribution in [0, 0.1) is 10.1 Å². The Bertz CT molecular complexity index is 1360. The number of nitrogens with one attached hydrogen (secondary N) is 1. The zero-order chi connectivity index (χ0) is 27.1. The maximum Gasteiger partial charge on any atom is 0.336 e. The van der Waals surface area contributed by atoms with Gasteiger partial charge in [0.05, 0.1) is 44.5 Å². The minimum atomic E-state index is -1.27. The number of benzene rings is 3. The Kier molecular flexibility index (Phi) is 8.31. The lowest BCUT2D eigenvalue weighted by molar-refractivity contribution is -0.384. The van der Waals surface area contributed by atoms with Gasteiger partial charge < -0.3 is 29.4 Å². The fraction of sp³-hybridized carbons (Fsp3) is 0.154. The van der Waals surface area contributed by atoms with E-state index in [1.54, 1.807) is 18.2 Å². The Morgan fingerprint density at radius 1 is 0.865 bits per heavy atom. The summed E-state index contributed by atoms with van der Waals surface area (Å²) in [7, 11) is 5.84. The third-order valence-corrected chi connectivity index (χ3v) is 5.36. The summed E-state index contributed by atoms with van der Waals surface area (Å²) in [5, 5.41) is 23.6. The highest BCUT2D eigenvalue weighted by Crippen LogP contribution is 2.37. The molecule has 0 aromatic heterocycles. The molecule has 0 fully saturated rings. The van der Waals surface area contributed by atoms with Crippen molar-refractivity contribution in [3.63, 3.8) is 0 Å². The fourth-order valence-electron chi connectivity index (χ4n) is 3.59. The average molecular weight is 508 g/mol. The molecule has 0 aliphatic rings. The highest BCUT2D eigenvalue weighted by molar-refractivity contribution is 6.03. The molecule has 11 nitrogen and oxygen atoms in total. The lowest BCUT2D eigenvalue weighted by atomic mass is 9.97. The number of hydrogen-bond donors (Lipinski definition) is 2. The second-order valence-electron chi connectivity index (χ2n) is 7.48. The topological polar surface area (TPSA) is 146 Å². The summed E-state index contributed by atoms with van der Waals surface area (Å²) in [5.41, 5.74) is 0.690. The zero-order valence-electron chi connectivity index (χ0n) is 20.4. The van der Waals surface area contributed by atoms with Gasteiger partial charge in [0.2, 0.25) is 5.91 Å². The largest absolute Gasteiger partial charge is 0.496 e. The molecule has 0 saturated carbocycles. The van der Waals surface area contributed by atoms with Crippen LogP contribution in [0.3, 0.4) is 0 Å². The smallest absolute Gasteiger partial charge is 0.336 e.